The molecule has 6 heteroatoms. The molecule has 0 atom stereocenters. The van der Waals surface area contributed by atoms with E-state index in [1.807, 2.05) is 32.9 Å². The van der Waals surface area contributed by atoms with Gasteiger partial charge in [-0.25, -0.2) is 0 Å². The lowest BCUT2D eigenvalue weighted by atomic mass is 10.1. The molecule has 128 valence electrons. The Labute approximate surface area is 146 Å². The predicted octanol–water partition coefficient (Wildman–Crippen LogP) is 2.90. The van der Waals surface area contributed by atoms with Crippen LogP contribution >= 0.6 is 11.6 Å². The van der Waals surface area contributed by atoms with E-state index in [4.69, 9.17) is 16.3 Å². The number of carbonyl (C=O) groups is 1. The number of ether oxygens (including phenoxy) is 1. The second-order valence-electron chi connectivity index (χ2n) is 5.62. The molecule has 0 fully saturated rings. The Morgan fingerprint density at radius 2 is 2.04 bits per heavy atom. The molecule has 0 saturated carbocycles. The van der Waals surface area contributed by atoms with E-state index in [1.165, 1.54) is 0 Å². The summed E-state index contributed by atoms with van der Waals surface area (Å²) in [5.74, 6) is 0.304. The van der Waals surface area contributed by atoms with Gasteiger partial charge >= 0.3 is 0 Å². The molecule has 1 aromatic heterocycles. The van der Waals surface area contributed by atoms with Crippen LogP contribution in [0.2, 0.25) is 5.02 Å². The summed E-state index contributed by atoms with van der Waals surface area (Å²) in [6.07, 6.45) is 0.789. The van der Waals surface area contributed by atoms with E-state index in [0.29, 0.717) is 16.3 Å². The number of aromatic nitrogens is 1. The lowest BCUT2D eigenvalue weighted by Gasteiger charge is -2.10. The molecule has 0 bridgehead atoms. The van der Waals surface area contributed by atoms with Crippen LogP contribution in [0.1, 0.15) is 29.3 Å². The summed E-state index contributed by atoms with van der Waals surface area (Å²) in [5.41, 5.74) is 2.98. The van der Waals surface area contributed by atoms with Gasteiger partial charge in [-0.3, -0.25) is 9.59 Å². The summed E-state index contributed by atoms with van der Waals surface area (Å²) < 4.78 is 5.48. The number of halogens is 1. The highest BCUT2D eigenvalue weighted by atomic mass is 35.5. The van der Waals surface area contributed by atoms with Crippen molar-refractivity contribution in [3.8, 4) is 5.75 Å². The Hall–Kier alpha value is -2.27. The van der Waals surface area contributed by atoms with Crippen molar-refractivity contribution < 1.29 is 9.53 Å². The predicted molar refractivity (Wildman–Crippen MR) is 94.7 cm³/mol. The fraction of sp³-hybridized carbons (Fsp3) is 0.333. The molecule has 1 heterocycles. The molecule has 2 aromatic rings. The third-order valence-electron chi connectivity index (χ3n) is 3.72. The number of amides is 1. The molecule has 24 heavy (non-hydrogen) atoms. The van der Waals surface area contributed by atoms with Crippen LogP contribution in [0.4, 0.5) is 0 Å². The molecule has 2 N–H and O–H groups in total. The van der Waals surface area contributed by atoms with Crippen molar-refractivity contribution in [2.45, 2.75) is 33.7 Å². The Morgan fingerprint density at radius 1 is 1.29 bits per heavy atom. The summed E-state index contributed by atoms with van der Waals surface area (Å²) in [6.45, 7) is 5.72. The van der Waals surface area contributed by atoms with Gasteiger partial charge in [0.25, 0.3) is 11.5 Å². The molecule has 0 aliphatic rings. The van der Waals surface area contributed by atoms with E-state index < -0.39 is 0 Å². The molecular formula is C18H21ClN2O3. The Balaban J connectivity index is 1.92. The van der Waals surface area contributed by atoms with Gasteiger partial charge < -0.3 is 15.0 Å². The molecule has 0 saturated heterocycles. The van der Waals surface area contributed by atoms with Crippen LogP contribution in [0.25, 0.3) is 0 Å². The van der Waals surface area contributed by atoms with Crippen molar-refractivity contribution in [1.82, 2.24) is 10.3 Å². The average Bonchev–Trinajstić information content (AvgIpc) is 2.53. The lowest BCUT2D eigenvalue weighted by molar-refractivity contribution is -0.123. The van der Waals surface area contributed by atoms with E-state index >= 15 is 0 Å². The van der Waals surface area contributed by atoms with Crippen molar-refractivity contribution in [1.29, 1.82) is 0 Å². The van der Waals surface area contributed by atoms with Gasteiger partial charge in [-0.2, -0.15) is 0 Å². The Morgan fingerprint density at radius 3 is 2.71 bits per heavy atom. The van der Waals surface area contributed by atoms with Crippen LogP contribution in [0, 0.1) is 13.8 Å². The maximum atomic E-state index is 11.9. The second-order valence-corrected chi connectivity index (χ2v) is 6.02. The largest absolute Gasteiger partial charge is 0.484 e. The lowest BCUT2D eigenvalue weighted by Crippen LogP contribution is -2.31. The first-order chi connectivity index (χ1) is 11.4. The van der Waals surface area contributed by atoms with E-state index in [2.05, 4.69) is 10.3 Å². The van der Waals surface area contributed by atoms with Crippen molar-refractivity contribution in [2.24, 2.45) is 0 Å². The van der Waals surface area contributed by atoms with E-state index in [1.54, 1.807) is 12.1 Å². The van der Waals surface area contributed by atoms with E-state index in [0.717, 1.165) is 23.2 Å². The molecule has 1 amide bonds. The molecular weight excluding hydrogens is 328 g/mol. The number of nitrogens with one attached hydrogen (secondary N) is 2. The standard InChI is InChI=1S/C18H21ClN2O3/c1-4-13-8-14(5-6-16(13)19)24-10-17(22)20-9-15-11(2)7-12(3)21-18(15)23/h5-8H,4,9-10H2,1-3H3,(H,20,22)(H,21,23). The molecule has 0 spiro atoms. The van der Waals surface area contributed by atoms with Gasteiger partial charge in [0.1, 0.15) is 5.75 Å². The van der Waals surface area contributed by atoms with Crippen molar-refractivity contribution >= 4 is 17.5 Å². The minimum Gasteiger partial charge on any atom is -0.484 e. The van der Waals surface area contributed by atoms with Gasteiger partial charge in [0.2, 0.25) is 0 Å². The molecule has 2 rings (SSSR count). The SMILES string of the molecule is CCc1cc(OCC(=O)NCc2c(C)cc(C)[nH]c2=O)ccc1Cl. The second kappa shape index (κ2) is 8.02. The number of rotatable bonds is 6. The fourth-order valence-corrected chi connectivity index (χ4v) is 2.65. The summed E-state index contributed by atoms with van der Waals surface area (Å²) in [5, 5.41) is 3.38. The van der Waals surface area contributed by atoms with Gasteiger partial charge in [0.05, 0.1) is 0 Å². The molecule has 5 nitrogen and oxygen atoms in total. The minimum atomic E-state index is -0.289. The van der Waals surface area contributed by atoms with Gasteiger partial charge in [0, 0.05) is 22.8 Å². The highest BCUT2D eigenvalue weighted by Crippen LogP contribution is 2.22. The maximum Gasteiger partial charge on any atom is 0.258 e. The first-order valence-electron chi connectivity index (χ1n) is 7.78. The Kier molecular flexibility index (Phi) is 6.04. The smallest absolute Gasteiger partial charge is 0.258 e. The van der Waals surface area contributed by atoms with Crippen LogP contribution < -0.4 is 15.6 Å². The van der Waals surface area contributed by atoms with Crippen molar-refractivity contribution in [3.05, 3.63) is 62.0 Å². The molecule has 0 radical (unpaired) electrons. The number of hydrogen-bond acceptors (Lipinski definition) is 3. The number of aromatic amines is 1. The van der Waals surface area contributed by atoms with E-state index in [9.17, 15) is 9.59 Å². The number of pyridine rings is 1. The highest BCUT2D eigenvalue weighted by Gasteiger charge is 2.09. The van der Waals surface area contributed by atoms with Crippen molar-refractivity contribution in [3.63, 3.8) is 0 Å². The number of benzene rings is 1. The van der Waals surface area contributed by atoms with Crippen LogP contribution in [0.5, 0.6) is 5.75 Å². The molecule has 0 aliphatic carbocycles. The normalized spacial score (nSPS) is 10.5. The quantitative estimate of drug-likeness (QED) is 0.843. The van der Waals surface area contributed by atoms with Crippen LogP contribution in [0.3, 0.4) is 0 Å². The third kappa shape index (κ3) is 4.61. The first kappa shape index (κ1) is 18.1. The number of carbonyl (C=O) groups excluding carboxylic acids is 1. The zero-order chi connectivity index (χ0) is 17.7. The summed E-state index contributed by atoms with van der Waals surface area (Å²) in [4.78, 5) is 26.6. The number of H-pyrrole nitrogens is 1. The summed E-state index contributed by atoms with van der Waals surface area (Å²) >= 11 is 6.05. The van der Waals surface area contributed by atoms with Gasteiger partial charge in [0.15, 0.2) is 6.61 Å². The van der Waals surface area contributed by atoms with Gasteiger partial charge in [-0.15, -0.1) is 0 Å². The zero-order valence-corrected chi connectivity index (χ0v) is 14.8. The van der Waals surface area contributed by atoms with Crippen LogP contribution in [-0.2, 0) is 17.8 Å². The highest BCUT2D eigenvalue weighted by molar-refractivity contribution is 6.31. The van der Waals surface area contributed by atoms with Crippen LogP contribution in [-0.4, -0.2) is 17.5 Å². The summed E-state index contributed by atoms with van der Waals surface area (Å²) in [6, 6.07) is 7.18. The van der Waals surface area contributed by atoms with Gasteiger partial charge in [-0.05, 0) is 55.7 Å². The van der Waals surface area contributed by atoms with Gasteiger partial charge in [-0.1, -0.05) is 18.5 Å². The topological polar surface area (TPSA) is 71.2 Å². The third-order valence-corrected chi connectivity index (χ3v) is 4.09. The number of aryl methyl sites for hydroxylation is 3. The average molecular weight is 349 g/mol. The Bertz CT molecular complexity index is 799. The van der Waals surface area contributed by atoms with Crippen LogP contribution in [0.15, 0.2) is 29.1 Å². The molecule has 0 unspecified atom stereocenters. The summed E-state index contributed by atoms with van der Waals surface area (Å²) in [7, 11) is 0. The van der Waals surface area contributed by atoms with E-state index in [-0.39, 0.29) is 24.6 Å². The zero-order valence-electron chi connectivity index (χ0n) is 14.0. The minimum absolute atomic E-state index is 0.117. The fourth-order valence-electron chi connectivity index (χ4n) is 2.40. The maximum absolute atomic E-state index is 11.9. The first-order valence-corrected chi connectivity index (χ1v) is 8.15. The monoisotopic (exact) mass is 348 g/mol. The molecule has 0 aliphatic heterocycles. The molecule has 1 aromatic carbocycles. The number of hydrogen-bond donors (Lipinski definition) is 2. The van der Waals surface area contributed by atoms with Crippen molar-refractivity contribution in [2.75, 3.05) is 6.61 Å².